The number of fused-ring (bicyclic) bond motifs is 3. The first-order chi connectivity index (χ1) is 8.25. The number of rotatable bonds is 0. The maximum atomic E-state index is 12.2. The van der Waals surface area contributed by atoms with Crippen LogP contribution in [0.2, 0.25) is 0 Å². The van der Waals surface area contributed by atoms with Gasteiger partial charge in [0.1, 0.15) is 0 Å². The normalized spacial score (nSPS) is 12.0. The van der Waals surface area contributed by atoms with Crippen molar-refractivity contribution in [2.24, 2.45) is 0 Å². The predicted octanol–water partition coefficient (Wildman–Crippen LogP) is 2.34. The van der Waals surface area contributed by atoms with E-state index < -0.39 is 0 Å². The highest BCUT2D eigenvalue weighted by atomic mass is 16.4. The molecule has 0 aliphatic rings. The van der Waals surface area contributed by atoms with Crippen LogP contribution in [0.15, 0.2) is 50.4 Å². The lowest BCUT2D eigenvalue weighted by Crippen LogP contribution is -2.12. The van der Waals surface area contributed by atoms with Crippen molar-refractivity contribution < 1.29 is 4.42 Å². The van der Waals surface area contributed by atoms with Crippen LogP contribution >= 0.6 is 0 Å². The molecule has 0 atom stereocenters. The van der Waals surface area contributed by atoms with E-state index in [1.54, 1.807) is 36.4 Å². The molecule has 4 aromatic rings. The zero-order valence-corrected chi connectivity index (χ0v) is 8.69. The minimum Gasteiger partial charge on any atom is -0.449 e. The van der Waals surface area contributed by atoms with Crippen LogP contribution in [0.4, 0.5) is 0 Å². The molecule has 80 valence electrons. The predicted molar refractivity (Wildman–Crippen MR) is 66.1 cm³/mol. The van der Waals surface area contributed by atoms with Gasteiger partial charge in [-0.15, -0.1) is 0 Å². The number of hydrogen-bond donors (Lipinski definition) is 0. The lowest BCUT2D eigenvalue weighted by molar-refractivity contribution is 0.757. The summed E-state index contributed by atoms with van der Waals surface area (Å²) in [4.78, 5) is 24.4. The summed E-state index contributed by atoms with van der Waals surface area (Å²) >= 11 is 0. The molecule has 0 unspecified atom stereocenters. The summed E-state index contributed by atoms with van der Waals surface area (Å²) in [7, 11) is 0. The van der Waals surface area contributed by atoms with Crippen LogP contribution < -0.4 is 10.9 Å². The van der Waals surface area contributed by atoms with Crippen LogP contribution in [-0.2, 0) is 0 Å². The summed E-state index contributed by atoms with van der Waals surface area (Å²) in [6.45, 7) is 0. The van der Waals surface area contributed by atoms with Gasteiger partial charge in [-0.3, -0.25) is 9.59 Å². The topological polar surface area (TPSA) is 47.3 Å². The molecule has 0 radical (unpaired) electrons. The molecule has 0 aliphatic heterocycles. The van der Waals surface area contributed by atoms with Crippen molar-refractivity contribution in [1.29, 1.82) is 0 Å². The molecule has 3 heteroatoms. The van der Waals surface area contributed by atoms with Crippen molar-refractivity contribution in [2.75, 3.05) is 0 Å². The highest BCUT2D eigenvalue weighted by Crippen LogP contribution is 2.27. The molecule has 0 fully saturated rings. The van der Waals surface area contributed by atoms with Crippen molar-refractivity contribution in [2.45, 2.75) is 0 Å². The van der Waals surface area contributed by atoms with Gasteiger partial charge in [-0.05, 0) is 12.1 Å². The van der Waals surface area contributed by atoms with E-state index in [4.69, 9.17) is 4.42 Å². The molecule has 0 aliphatic carbocycles. The largest absolute Gasteiger partial charge is 0.449 e. The lowest BCUT2D eigenvalue weighted by atomic mass is 10.0. The molecule has 0 N–H and O–H groups in total. The van der Waals surface area contributed by atoms with Crippen molar-refractivity contribution in [1.82, 2.24) is 0 Å². The van der Waals surface area contributed by atoms with Gasteiger partial charge < -0.3 is 4.42 Å². The van der Waals surface area contributed by atoms with Crippen molar-refractivity contribution in [3.8, 4) is 0 Å². The maximum Gasteiger partial charge on any atom is 0.194 e. The van der Waals surface area contributed by atoms with Crippen LogP contribution in [0.3, 0.4) is 0 Å². The van der Waals surface area contributed by atoms with Gasteiger partial charge in [0.15, 0.2) is 22.0 Å². The molecule has 0 spiro atoms. The molecule has 0 amide bonds. The molecule has 3 aromatic carbocycles. The second-order valence-electron chi connectivity index (χ2n) is 4.15. The smallest absolute Gasteiger partial charge is 0.194 e. The van der Waals surface area contributed by atoms with Gasteiger partial charge in [-0.2, -0.15) is 0 Å². The van der Waals surface area contributed by atoms with Crippen LogP contribution in [0.5, 0.6) is 0 Å². The second-order valence-corrected chi connectivity index (χ2v) is 4.15. The van der Waals surface area contributed by atoms with Crippen LogP contribution in [0.1, 0.15) is 0 Å². The SMILES string of the molecule is O=c1c2ccccc2c(=O)c2cc3oc3cc12. The molecule has 4 rings (SSSR count). The Labute approximate surface area is 94.6 Å². The zero-order valence-electron chi connectivity index (χ0n) is 8.69. The van der Waals surface area contributed by atoms with E-state index in [1.807, 2.05) is 0 Å². The molecule has 0 saturated carbocycles. The van der Waals surface area contributed by atoms with E-state index in [-0.39, 0.29) is 10.9 Å². The van der Waals surface area contributed by atoms with Gasteiger partial charge >= 0.3 is 0 Å². The minimum absolute atomic E-state index is 0.103. The lowest BCUT2D eigenvalue weighted by Gasteiger charge is -1.97. The Kier molecular flexibility index (Phi) is 1.35. The fourth-order valence-corrected chi connectivity index (χ4v) is 2.26. The number of benzene rings is 3. The molecule has 1 aromatic heterocycles. The summed E-state index contributed by atoms with van der Waals surface area (Å²) in [5, 5.41) is 1.85. The molecule has 3 nitrogen and oxygen atoms in total. The Morgan fingerprint density at radius 2 is 1.18 bits per heavy atom. The first-order valence-electron chi connectivity index (χ1n) is 5.30. The van der Waals surface area contributed by atoms with Gasteiger partial charge in [-0.1, -0.05) is 24.3 Å². The summed E-state index contributed by atoms with van der Waals surface area (Å²) in [6, 6.07) is 10.2. The van der Waals surface area contributed by atoms with Crippen LogP contribution in [0, 0.1) is 0 Å². The van der Waals surface area contributed by atoms with Gasteiger partial charge in [0, 0.05) is 21.5 Å². The maximum absolute atomic E-state index is 12.2. The van der Waals surface area contributed by atoms with Crippen LogP contribution in [0.25, 0.3) is 32.7 Å². The Morgan fingerprint density at radius 3 is 1.65 bits per heavy atom. The monoisotopic (exact) mass is 222 g/mol. The van der Waals surface area contributed by atoms with E-state index >= 15 is 0 Å². The summed E-state index contributed by atoms with van der Waals surface area (Å²) in [5.74, 6) is 0. The van der Waals surface area contributed by atoms with Gasteiger partial charge in [0.05, 0.1) is 0 Å². The Hall–Kier alpha value is -2.42. The van der Waals surface area contributed by atoms with Crippen molar-refractivity contribution >= 4 is 32.7 Å². The molecule has 1 heterocycles. The average molecular weight is 222 g/mol. The van der Waals surface area contributed by atoms with Gasteiger partial charge in [0.2, 0.25) is 0 Å². The highest BCUT2D eigenvalue weighted by Gasteiger charge is 2.15. The molecule has 0 saturated heterocycles. The van der Waals surface area contributed by atoms with E-state index in [0.717, 1.165) is 0 Å². The van der Waals surface area contributed by atoms with E-state index in [1.165, 1.54) is 0 Å². The van der Waals surface area contributed by atoms with E-state index in [2.05, 4.69) is 0 Å². The van der Waals surface area contributed by atoms with Gasteiger partial charge in [0.25, 0.3) is 0 Å². The second kappa shape index (κ2) is 2.63. The number of hydrogen-bond acceptors (Lipinski definition) is 3. The molecule has 17 heavy (non-hydrogen) atoms. The fraction of sp³-hybridized carbons (Fsp3) is 0. The molecule has 0 bridgehead atoms. The summed E-state index contributed by atoms with van der Waals surface area (Å²) < 4.78 is 5.14. The Morgan fingerprint density at radius 1 is 0.706 bits per heavy atom. The van der Waals surface area contributed by atoms with Crippen molar-refractivity contribution in [3.05, 3.63) is 56.8 Å². The third-order valence-electron chi connectivity index (χ3n) is 3.17. The van der Waals surface area contributed by atoms with Crippen molar-refractivity contribution in [3.63, 3.8) is 0 Å². The third kappa shape index (κ3) is 1.00. The Bertz CT molecular complexity index is 888. The van der Waals surface area contributed by atoms with Gasteiger partial charge in [-0.25, -0.2) is 0 Å². The Balaban J connectivity index is 2.46. The fourth-order valence-electron chi connectivity index (χ4n) is 2.26. The van der Waals surface area contributed by atoms with E-state index in [0.29, 0.717) is 32.7 Å². The zero-order chi connectivity index (χ0) is 11.6. The molecular weight excluding hydrogens is 216 g/mol. The van der Waals surface area contributed by atoms with Crippen LogP contribution in [-0.4, -0.2) is 0 Å². The standard InChI is InChI=1S/C14H6O3/c15-13-7-3-1-2-4-8(7)14(16)10-6-12-11(17-12)5-9(10)13/h1-6H. The minimum atomic E-state index is -0.103. The summed E-state index contributed by atoms with van der Waals surface area (Å²) in [5.41, 5.74) is 1.19. The third-order valence-corrected chi connectivity index (χ3v) is 3.17. The first kappa shape index (κ1) is 8.70. The quantitative estimate of drug-likeness (QED) is 0.429. The highest BCUT2D eigenvalue weighted by molar-refractivity contribution is 6.03. The van der Waals surface area contributed by atoms with E-state index in [9.17, 15) is 9.59 Å². The molecular formula is C14H6O3. The average Bonchev–Trinajstić information content (AvgIpc) is 3.12. The summed E-state index contributed by atoms with van der Waals surface area (Å²) in [6.07, 6.45) is 0. The first-order valence-corrected chi connectivity index (χ1v) is 5.30.